The average molecular weight is 385 g/mol. The summed E-state index contributed by atoms with van der Waals surface area (Å²) in [6.45, 7) is 5.86. The van der Waals surface area contributed by atoms with Crippen molar-refractivity contribution in [3.05, 3.63) is 52.7 Å². The van der Waals surface area contributed by atoms with Crippen LogP contribution in [0.2, 0.25) is 0 Å². The number of pyridine rings is 1. The molecule has 0 fully saturated rings. The first kappa shape index (κ1) is 20.8. The van der Waals surface area contributed by atoms with Crippen molar-refractivity contribution >= 4 is 17.8 Å². The molecular weight excluding hydrogens is 360 g/mol. The van der Waals surface area contributed by atoms with E-state index in [2.05, 4.69) is 11.1 Å². The first-order valence-electron chi connectivity index (χ1n) is 8.61. The van der Waals surface area contributed by atoms with Gasteiger partial charge in [-0.25, -0.2) is 4.98 Å². The van der Waals surface area contributed by atoms with Gasteiger partial charge in [-0.15, -0.1) is 11.8 Å². The maximum atomic E-state index is 10.3. The lowest BCUT2D eigenvalue weighted by atomic mass is 10.1. The van der Waals surface area contributed by atoms with Crippen molar-refractivity contribution in [3.8, 4) is 17.6 Å². The molecule has 0 bridgehead atoms. The fourth-order valence-electron chi connectivity index (χ4n) is 2.55. The third-order valence-corrected chi connectivity index (χ3v) is 4.93. The van der Waals surface area contributed by atoms with Crippen LogP contribution in [0.5, 0.6) is 11.5 Å². The molecule has 2 rings (SSSR count). The lowest BCUT2D eigenvalue weighted by molar-refractivity contribution is 0.124. The van der Waals surface area contributed by atoms with Crippen LogP contribution in [0.25, 0.3) is 6.08 Å². The van der Waals surface area contributed by atoms with Crippen LogP contribution in [0.4, 0.5) is 0 Å². The van der Waals surface area contributed by atoms with E-state index < -0.39 is 6.10 Å². The van der Waals surface area contributed by atoms with Crippen molar-refractivity contribution in [1.29, 1.82) is 5.26 Å². The number of ether oxygens (including phenoxy) is 2. The van der Waals surface area contributed by atoms with Gasteiger partial charge in [0.25, 0.3) is 0 Å². The number of thioether (sulfide) groups is 1. The fourth-order valence-corrected chi connectivity index (χ4v) is 3.56. The lowest BCUT2D eigenvalue weighted by Gasteiger charge is -2.15. The number of aromatic nitrogens is 1. The van der Waals surface area contributed by atoms with Crippen molar-refractivity contribution in [1.82, 2.24) is 4.98 Å². The highest BCUT2D eigenvalue weighted by molar-refractivity contribution is 7.99. The molecule has 1 atom stereocenters. The van der Waals surface area contributed by atoms with Crippen molar-refractivity contribution < 1.29 is 14.6 Å². The van der Waals surface area contributed by atoms with E-state index in [0.29, 0.717) is 27.8 Å². The molecule has 1 N–H and O–H groups in total. The van der Waals surface area contributed by atoms with Crippen LogP contribution in [0, 0.1) is 25.2 Å². The van der Waals surface area contributed by atoms with Crippen LogP contribution in [-0.4, -0.2) is 35.7 Å². The Morgan fingerprint density at radius 2 is 2.07 bits per heavy atom. The third-order valence-electron chi connectivity index (χ3n) is 3.81. The number of nitriles is 1. The van der Waals surface area contributed by atoms with Crippen molar-refractivity contribution in [2.24, 2.45) is 0 Å². The molecule has 1 aromatic carbocycles. The van der Waals surface area contributed by atoms with Crippen LogP contribution < -0.4 is 9.47 Å². The SMILES string of the molecule is C/C=C/c1ccc(OCC(O)CSc2nc(C)cc(C)c2C#N)c(OC)c1. The molecule has 1 unspecified atom stereocenters. The first-order valence-corrected chi connectivity index (χ1v) is 9.59. The number of nitrogens with zero attached hydrogens (tertiary/aromatic N) is 2. The standard InChI is InChI=1S/C21H24N2O3S/c1-5-6-16-7-8-19(20(10-16)25-4)26-12-17(24)13-27-21-18(11-22)14(2)9-15(3)23-21/h5-10,17,24H,12-13H2,1-4H3/b6-5+. The largest absolute Gasteiger partial charge is 0.493 e. The van der Waals surface area contributed by atoms with Crippen LogP contribution in [0.1, 0.15) is 29.3 Å². The molecule has 0 aliphatic carbocycles. The van der Waals surface area contributed by atoms with Crippen LogP contribution in [0.15, 0.2) is 35.4 Å². The zero-order valence-electron chi connectivity index (χ0n) is 16.0. The predicted octanol–water partition coefficient (Wildman–Crippen LogP) is 4.14. The quantitative estimate of drug-likeness (QED) is 0.689. The van der Waals surface area contributed by atoms with Gasteiger partial charge >= 0.3 is 0 Å². The number of rotatable bonds is 8. The minimum absolute atomic E-state index is 0.124. The van der Waals surface area contributed by atoms with Gasteiger partial charge < -0.3 is 14.6 Å². The summed E-state index contributed by atoms with van der Waals surface area (Å²) in [5, 5.41) is 20.2. The summed E-state index contributed by atoms with van der Waals surface area (Å²) in [5.74, 6) is 1.58. The van der Waals surface area contributed by atoms with Crippen LogP contribution >= 0.6 is 11.8 Å². The monoisotopic (exact) mass is 384 g/mol. The second kappa shape index (κ2) is 10.0. The maximum absolute atomic E-state index is 10.3. The normalized spacial score (nSPS) is 12.0. The fraction of sp³-hybridized carbons (Fsp3) is 0.333. The molecule has 0 spiro atoms. The summed E-state index contributed by atoms with van der Waals surface area (Å²) in [5.41, 5.74) is 3.32. The number of aryl methyl sites for hydroxylation is 2. The summed E-state index contributed by atoms with van der Waals surface area (Å²) in [4.78, 5) is 4.41. The molecule has 0 saturated carbocycles. The number of aliphatic hydroxyl groups excluding tert-OH is 1. The molecule has 142 valence electrons. The molecule has 0 aliphatic heterocycles. The van der Waals surface area contributed by atoms with Gasteiger partial charge in [-0.2, -0.15) is 5.26 Å². The Morgan fingerprint density at radius 3 is 2.74 bits per heavy atom. The Bertz CT molecular complexity index is 859. The van der Waals surface area contributed by atoms with Gasteiger partial charge in [-0.3, -0.25) is 0 Å². The number of allylic oxidation sites excluding steroid dienone is 1. The molecule has 1 heterocycles. The second-order valence-corrected chi connectivity index (χ2v) is 7.07. The first-order chi connectivity index (χ1) is 13.0. The van der Waals surface area contributed by atoms with Gasteiger partial charge in [-0.1, -0.05) is 18.2 Å². The predicted molar refractivity (Wildman–Crippen MR) is 108 cm³/mol. The highest BCUT2D eigenvalue weighted by Crippen LogP contribution is 2.29. The van der Waals surface area contributed by atoms with Gasteiger partial charge in [0.1, 0.15) is 17.7 Å². The van der Waals surface area contributed by atoms with Gasteiger partial charge in [0.15, 0.2) is 11.5 Å². The molecule has 1 aromatic heterocycles. The number of hydrogen-bond acceptors (Lipinski definition) is 6. The van der Waals surface area contributed by atoms with Gasteiger partial charge in [0, 0.05) is 11.4 Å². The van der Waals surface area contributed by atoms with E-state index in [1.165, 1.54) is 11.8 Å². The van der Waals surface area contributed by atoms with Crippen LogP contribution in [-0.2, 0) is 0 Å². The molecule has 2 aromatic rings. The Balaban J connectivity index is 1.98. The molecule has 0 amide bonds. The Morgan fingerprint density at radius 1 is 1.30 bits per heavy atom. The number of hydrogen-bond donors (Lipinski definition) is 1. The van der Waals surface area contributed by atoms with E-state index in [-0.39, 0.29) is 6.61 Å². The van der Waals surface area contributed by atoms with E-state index in [1.807, 2.05) is 57.2 Å². The minimum atomic E-state index is -0.705. The number of benzene rings is 1. The average Bonchev–Trinajstić information content (AvgIpc) is 2.65. The maximum Gasteiger partial charge on any atom is 0.161 e. The van der Waals surface area contributed by atoms with E-state index in [9.17, 15) is 10.4 Å². The van der Waals surface area contributed by atoms with Gasteiger partial charge in [0.05, 0.1) is 18.8 Å². The highest BCUT2D eigenvalue weighted by Gasteiger charge is 2.14. The molecule has 0 saturated heterocycles. The smallest absolute Gasteiger partial charge is 0.161 e. The number of aliphatic hydroxyl groups is 1. The Labute approximate surface area is 164 Å². The van der Waals surface area contributed by atoms with E-state index >= 15 is 0 Å². The molecule has 5 nitrogen and oxygen atoms in total. The van der Waals surface area contributed by atoms with Gasteiger partial charge in [0.2, 0.25) is 0 Å². The summed E-state index contributed by atoms with van der Waals surface area (Å²) >= 11 is 1.36. The minimum Gasteiger partial charge on any atom is -0.493 e. The highest BCUT2D eigenvalue weighted by atomic mass is 32.2. The molecule has 27 heavy (non-hydrogen) atoms. The topological polar surface area (TPSA) is 75.4 Å². The Kier molecular flexibility index (Phi) is 7.71. The van der Waals surface area contributed by atoms with Crippen molar-refractivity contribution in [3.63, 3.8) is 0 Å². The summed E-state index contributed by atoms with van der Waals surface area (Å²) in [7, 11) is 1.59. The summed E-state index contributed by atoms with van der Waals surface area (Å²) in [6, 6.07) is 9.70. The van der Waals surface area contributed by atoms with E-state index in [4.69, 9.17) is 9.47 Å². The summed E-state index contributed by atoms with van der Waals surface area (Å²) in [6.07, 6.45) is 3.22. The molecule has 6 heteroatoms. The van der Waals surface area contributed by atoms with Crippen molar-refractivity contribution in [2.75, 3.05) is 19.5 Å². The van der Waals surface area contributed by atoms with Gasteiger partial charge in [-0.05, 0) is 50.1 Å². The number of methoxy groups -OCH3 is 1. The second-order valence-electron chi connectivity index (χ2n) is 6.06. The van der Waals surface area contributed by atoms with E-state index in [0.717, 1.165) is 16.8 Å². The molecular formula is C21H24N2O3S. The lowest BCUT2D eigenvalue weighted by Crippen LogP contribution is -2.20. The van der Waals surface area contributed by atoms with Crippen molar-refractivity contribution in [2.45, 2.75) is 31.9 Å². The Hall–Kier alpha value is -2.49. The molecule has 0 radical (unpaired) electrons. The van der Waals surface area contributed by atoms with E-state index in [1.54, 1.807) is 7.11 Å². The third kappa shape index (κ3) is 5.75. The molecule has 0 aliphatic rings. The van der Waals surface area contributed by atoms with Crippen LogP contribution in [0.3, 0.4) is 0 Å². The summed E-state index contributed by atoms with van der Waals surface area (Å²) < 4.78 is 11.1. The zero-order valence-corrected chi connectivity index (χ0v) is 16.8. The zero-order chi connectivity index (χ0) is 19.8.